The molecule has 0 saturated heterocycles. The van der Waals surface area contributed by atoms with Gasteiger partial charge in [-0.2, -0.15) is 0 Å². The van der Waals surface area contributed by atoms with Crippen molar-refractivity contribution >= 4 is 5.91 Å². The molecule has 0 spiro atoms. The predicted molar refractivity (Wildman–Crippen MR) is 121 cm³/mol. The number of rotatable bonds is 9. The molecule has 1 amide bonds. The molecule has 164 valence electrons. The van der Waals surface area contributed by atoms with Crippen LogP contribution in [0.4, 0.5) is 0 Å². The molecule has 4 heteroatoms. The van der Waals surface area contributed by atoms with Gasteiger partial charge in [-0.3, -0.25) is 4.79 Å². The van der Waals surface area contributed by atoms with Crippen LogP contribution in [0, 0.1) is 17.8 Å². The van der Waals surface area contributed by atoms with Gasteiger partial charge in [-0.1, -0.05) is 54.1 Å². The SMILES string of the molecule is CN(C)C(=O)CCCCC1=C[C@H]2C[C@@H](O)[C@H](C=CC[C@](C)(O)c3ccccc3)[C@H]2C1. The topological polar surface area (TPSA) is 60.8 Å². The minimum atomic E-state index is -0.899. The van der Waals surface area contributed by atoms with Crippen molar-refractivity contribution in [2.75, 3.05) is 14.1 Å². The second-order valence-electron chi connectivity index (χ2n) is 9.50. The van der Waals surface area contributed by atoms with Gasteiger partial charge < -0.3 is 15.1 Å². The number of carbonyl (C=O) groups excluding carboxylic acids is 1. The van der Waals surface area contributed by atoms with Gasteiger partial charge in [-0.15, -0.1) is 0 Å². The van der Waals surface area contributed by atoms with E-state index in [1.807, 2.05) is 43.3 Å². The van der Waals surface area contributed by atoms with Gasteiger partial charge in [0.05, 0.1) is 11.7 Å². The minimum absolute atomic E-state index is 0.158. The first-order chi connectivity index (χ1) is 14.3. The first-order valence-electron chi connectivity index (χ1n) is 11.3. The van der Waals surface area contributed by atoms with Gasteiger partial charge in [0, 0.05) is 26.4 Å². The van der Waals surface area contributed by atoms with Gasteiger partial charge >= 0.3 is 0 Å². The molecule has 0 aromatic heterocycles. The predicted octanol–water partition coefficient (Wildman–Crippen LogP) is 4.43. The van der Waals surface area contributed by atoms with Gasteiger partial charge in [0.2, 0.25) is 5.91 Å². The third kappa shape index (κ3) is 5.61. The summed E-state index contributed by atoms with van der Waals surface area (Å²) in [6.07, 6.45) is 12.4. The third-order valence-electron chi connectivity index (χ3n) is 6.86. The van der Waals surface area contributed by atoms with Crippen molar-refractivity contribution in [1.82, 2.24) is 4.90 Å². The summed E-state index contributed by atoms with van der Waals surface area (Å²) in [6, 6.07) is 9.75. The van der Waals surface area contributed by atoms with E-state index in [0.717, 1.165) is 37.7 Å². The van der Waals surface area contributed by atoms with Gasteiger partial charge in [0.25, 0.3) is 0 Å². The summed E-state index contributed by atoms with van der Waals surface area (Å²) in [7, 11) is 3.61. The Bertz CT molecular complexity index is 766. The van der Waals surface area contributed by atoms with E-state index >= 15 is 0 Å². The Hall–Kier alpha value is -1.91. The lowest BCUT2D eigenvalue weighted by atomic mass is 9.87. The number of amides is 1. The van der Waals surface area contributed by atoms with Crippen molar-refractivity contribution < 1.29 is 15.0 Å². The maximum atomic E-state index is 11.7. The van der Waals surface area contributed by atoms with Crippen molar-refractivity contribution in [3.63, 3.8) is 0 Å². The first-order valence-corrected chi connectivity index (χ1v) is 11.3. The standard InChI is InChI=1S/C26H37NO3/c1-26(30,21-11-5-4-6-12-21)15-9-13-22-23-17-19(16-20(23)18-24(22)28)10-7-8-14-25(29)27(2)3/h4-6,9,11-13,16,20,22-24,28,30H,7-8,10,14-15,17-18H2,1-3H3/t20-,22+,23-,24+,26-/m0/s1. The molecule has 0 radical (unpaired) electrons. The van der Waals surface area contributed by atoms with Crippen LogP contribution < -0.4 is 0 Å². The Morgan fingerprint density at radius 1 is 1.23 bits per heavy atom. The van der Waals surface area contributed by atoms with Crippen LogP contribution in [0.15, 0.2) is 54.1 Å². The highest BCUT2D eigenvalue weighted by Gasteiger charge is 2.43. The van der Waals surface area contributed by atoms with Crippen molar-refractivity contribution in [3.8, 4) is 0 Å². The zero-order chi connectivity index (χ0) is 21.7. The van der Waals surface area contributed by atoms with E-state index in [1.165, 1.54) is 5.57 Å². The van der Waals surface area contributed by atoms with Crippen LogP contribution in [-0.4, -0.2) is 41.2 Å². The minimum Gasteiger partial charge on any atom is -0.392 e. The van der Waals surface area contributed by atoms with Gasteiger partial charge in [0.15, 0.2) is 0 Å². The fourth-order valence-corrected chi connectivity index (χ4v) is 5.01. The number of unbranched alkanes of at least 4 members (excludes halogenated alkanes) is 1. The smallest absolute Gasteiger partial charge is 0.222 e. The highest BCUT2D eigenvalue weighted by atomic mass is 16.3. The van der Waals surface area contributed by atoms with Crippen LogP contribution in [-0.2, 0) is 10.4 Å². The lowest BCUT2D eigenvalue weighted by Crippen LogP contribution is -2.21. The van der Waals surface area contributed by atoms with Crippen LogP contribution in [0.3, 0.4) is 0 Å². The molecule has 0 unspecified atom stereocenters. The molecule has 0 bridgehead atoms. The molecule has 2 aliphatic carbocycles. The number of aliphatic hydroxyl groups excluding tert-OH is 1. The average Bonchev–Trinajstić information content (AvgIpc) is 3.23. The number of aliphatic hydroxyl groups is 2. The third-order valence-corrected chi connectivity index (χ3v) is 6.86. The maximum absolute atomic E-state index is 11.7. The number of fused-ring (bicyclic) bond motifs is 1. The van der Waals surface area contributed by atoms with Gasteiger partial charge in [-0.25, -0.2) is 0 Å². The molecule has 0 heterocycles. The Balaban J connectivity index is 1.49. The summed E-state index contributed by atoms with van der Waals surface area (Å²) in [5.74, 6) is 1.29. The molecule has 4 nitrogen and oxygen atoms in total. The number of benzene rings is 1. The lowest BCUT2D eigenvalue weighted by molar-refractivity contribution is -0.128. The summed E-state index contributed by atoms with van der Waals surface area (Å²) in [5.41, 5.74) is 1.50. The van der Waals surface area contributed by atoms with E-state index in [1.54, 1.807) is 19.0 Å². The number of nitrogens with zero attached hydrogens (tertiary/aromatic N) is 1. The monoisotopic (exact) mass is 411 g/mol. The van der Waals surface area contributed by atoms with E-state index < -0.39 is 5.60 Å². The summed E-state index contributed by atoms with van der Waals surface area (Å²) in [5, 5.41) is 21.4. The van der Waals surface area contributed by atoms with Crippen LogP contribution in [0.5, 0.6) is 0 Å². The molecule has 0 aliphatic heterocycles. The van der Waals surface area contributed by atoms with Crippen molar-refractivity contribution in [2.45, 2.75) is 63.6 Å². The quantitative estimate of drug-likeness (QED) is 0.467. The number of hydrogen-bond donors (Lipinski definition) is 2. The van der Waals surface area contributed by atoms with Crippen molar-refractivity contribution in [1.29, 1.82) is 0 Å². The fourth-order valence-electron chi connectivity index (χ4n) is 5.01. The summed E-state index contributed by atoms with van der Waals surface area (Å²) >= 11 is 0. The van der Waals surface area contributed by atoms with Crippen LogP contribution in [0.2, 0.25) is 0 Å². The zero-order valence-electron chi connectivity index (χ0n) is 18.6. The van der Waals surface area contributed by atoms with Gasteiger partial charge in [-0.05, 0) is 62.8 Å². The average molecular weight is 412 g/mol. The fraction of sp³-hybridized carbons (Fsp3) is 0.577. The molecule has 2 aliphatic rings. The molecule has 3 rings (SSSR count). The Morgan fingerprint density at radius 3 is 2.67 bits per heavy atom. The van der Waals surface area contributed by atoms with E-state index in [2.05, 4.69) is 12.2 Å². The molecule has 1 fully saturated rings. The molecule has 2 N–H and O–H groups in total. The normalized spacial score (nSPS) is 27.7. The van der Waals surface area contributed by atoms with Crippen LogP contribution in [0.25, 0.3) is 0 Å². The molecule has 1 aromatic rings. The van der Waals surface area contributed by atoms with E-state index in [9.17, 15) is 15.0 Å². The van der Waals surface area contributed by atoms with Crippen molar-refractivity contribution in [2.24, 2.45) is 17.8 Å². The van der Waals surface area contributed by atoms with Crippen LogP contribution in [0.1, 0.15) is 57.4 Å². The Kier molecular flexibility index (Phi) is 7.54. The number of allylic oxidation sites excluding steroid dienone is 2. The maximum Gasteiger partial charge on any atom is 0.222 e. The highest BCUT2D eigenvalue weighted by Crippen LogP contribution is 2.48. The number of hydrogen-bond acceptors (Lipinski definition) is 3. The Morgan fingerprint density at radius 2 is 1.97 bits per heavy atom. The second kappa shape index (κ2) is 9.93. The summed E-state index contributed by atoms with van der Waals surface area (Å²) < 4.78 is 0. The molecule has 1 aromatic carbocycles. The van der Waals surface area contributed by atoms with E-state index in [0.29, 0.717) is 24.7 Å². The lowest BCUT2D eigenvalue weighted by Gasteiger charge is -2.23. The summed E-state index contributed by atoms with van der Waals surface area (Å²) in [6.45, 7) is 1.84. The zero-order valence-corrected chi connectivity index (χ0v) is 18.6. The Labute approximate surface area is 181 Å². The molecule has 30 heavy (non-hydrogen) atoms. The van der Waals surface area contributed by atoms with Crippen molar-refractivity contribution in [3.05, 3.63) is 59.7 Å². The molecular formula is C26H37NO3. The van der Waals surface area contributed by atoms with E-state index in [-0.39, 0.29) is 17.9 Å². The molecule has 1 saturated carbocycles. The summed E-state index contributed by atoms with van der Waals surface area (Å²) in [4.78, 5) is 13.4. The van der Waals surface area contributed by atoms with Gasteiger partial charge in [0.1, 0.15) is 0 Å². The largest absolute Gasteiger partial charge is 0.392 e. The molecular weight excluding hydrogens is 374 g/mol. The first kappa shape index (κ1) is 22.8. The molecule has 5 atom stereocenters. The second-order valence-corrected chi connectivity index (χ2v) is 9.50. The number of carbonyl (C=O) groups is 1. The van der Waals surface area contributed by atoms with E-state index in [4.69, 9.17) is 0 Å². The van der Waals surface area contributed by atoms with Crippen LogP contribution >= 0.6 is 0 Å². The highest BCUT2D eigenvalue weighted by molar-refractivity contribution is 5.75.